The van der Waals surface area contributed by atoms with Gasteiger partial charge in [-0.3, -0.25) is 4.79 Å². The fourth-order valence-corrected chi connectivity index (χ4v) is 3.15. The van der Waals surface area contributed by atoms with Gasteiger partial charge in [0.05, 0.1) is 5.01 Å². The second-order valence-electron chi connectivity index (χ2n) is 5.01. The van der Waals surface area contributed by atoms with E-state index >= 15 is 0 Å². The predicted octanol–water partition coefficient (Wildman–Crippen LogP) is 0.858. The van der Waals surface area contributed by atoms with Crippen molar-refractivity contribution in [1.82, 2.24) is 15.2 Å². The molecule has 0 aromatic carbocycles. The van der Waals surface area contributed by atoms with Crippen LogP contribution >= 0.6 is 11.3 Å². The second kappa shape index (κ2) is 6.98. The standard InChI is InChI=1S/C13H22N4OS/c1-17-7-3-2-4-10(17)8-15-13(18)11-9-19-12(16-11)5-6-14/h9-10H,2-8,14H2,1H3,(H,15,18). The minimum atomic E-state index is -0.0708. The Kier molecular flexibility index (Phi) is 5.30. The highest BCUT2D eigenvalue weighted by atomic mass is 32.1. The zero-order chi connectivity index (χ0) is 13.7. The first-order valence-electron chi connectivity index (χ1n) is 6.83. The summed E-state index contributed by atoms with van der Waals surface area (Å²) in [6.07, 6.45) is 4.41. The van der Waals surface area contributed by atoms with Crippen molar-refractivity contribution in [1.29, 1.82) is 0 Å². The van der Waals surface area contributed by atoms with Crippen LogP contribution in [-0.2, 0) is 6.42 Å². The number of aromatic nitrogens is 1. The number of nitrogens with zero attached hydrogens (tertiary/aromatic N) is 2. The summed E-state index contributed by atoms with van der Waals surface area (Å²) in [4.78, 5) is 18.6. The smallest absolute Gasteiger partial charge is 0.270 e. The highest BCUT2D eigenvalue weighted by Gasteiger charge is 2.20. The molecule has 5 nitrogen and oxygen atoms in total. The molecule has 6 heteroatoms. The Bertz CT molecular complexity index is 421. The van der Waals surface area contributed by atoms with Crippen LogP contribution in [0.5, 0.6) is 0 Å². The largest absolute Gasteiger partial charge is 0.349 e. The maximum absolute atomic E-state index is 12.0. The van der Waals surface area contributed by atoms with Gasteiger partial charge in [0.1, 0.15) is 5.69 Å². The van der Waals surface area contributed by atoms with Crippen molar-refractivity contribution in [2.75, 3.05) is 26.7 Å². The summed E-state index contributed by atoms with van der Waals surface area (Å²) in [5.41, 5.74) is 6.00. The number of nitrogens with two attached hydrogens (primary N) is 1. The highest BCUT2D eigenvalue weighted by Crippen LogP contribution is 2.14. The maximum Gasteiger partial charge on any atom is 0.270 e. The van der Waals surface area contributed by atoms with E-state index < -0.39 is 0 Å². The van der Waals surface area contributed by atoms with Gasteiger partial charge in [0.2, 0.25) is 0 Å². The first-order chi connectivity index (χ1) is 9.20. The third-order valence-electron chi connectivity index (χ3n) is 3.56. The van der Waals surface area contributed by atoms with E-state index in [4.69, 9.17) is 5.73 Å². The summed E-state index contributed by atoms with van der Waals surface area (Å²) in [6.45, 7) is 2.40. The first-order valence-corrected chi connectivity index (χ1v) is 7.71. The summed E-state index contributed by atoms with van der Waals surface area (Å²) in [5, 5.41) is 5.73. The van der Waals surface area contributed by atoms with Crippen LogP contribution in [0.15, 0.2) is 5.38 Å². The van der Waals surface area contributed by atoms with E-state index in [9.17, 15) is 4.79 Å². The van der Waals surface area contributed by atoms with Crippen LogP contribution in [-0.4, -0.2) is 48.5 Å². The summed E-state index contributed by atoms with van der Waals surface area (Å²) < 4.78 is 0. The van der Waals surface area contributed by atoms with Crippen molar-refractivity contribution in [3.05, 3.63) is 16.1 Å². The minimum Gasteiger partial charge on any atom is -0.349 e. The lowest BCUT2D eigenvalue weighted by atomic mass is 10.0. The van der Waals surface area contributed by atoms with Gasteiger partial charge in [-0.05, 0) is 33.0 Å². The van der Waals surface area contributed by atoms with Gasteiger partial charge in [-0.2, -0.15) is 0 Å². The molecule has 1 atom stereocenters. The Morgan fingerprint density at radius 3 is 3.21 bits per heavy atom. The van der Waals surface area contributed by atoms with Crippen LogP contribution in [0.25, 0.3) is 0 Å². The molecule has 0 aliphatic carbocycles. The van der Waals surface area contributed by atoms with Crippen LogP contribution in [0.1, 0.15) is 34.8 Å². The van der Waals surface area contributed by atoms with Crippen molar-refractivity contribution >= 4 is 17.2 Å². The minimum absolute atomic E-state index is 0.0708. The van der Waals surface area contributed by atoms with Gasteiger partial charge in [0, 0.05) is 24.4 Å². The SMILES string of the molecule is CN1CCCCC1CNC(=O)c1csc(CCN)n1. The Morgan fingerprint density at radius 1 is 1.63 bits per heavy atom. The average molecular weight is 282 g/mol. The fourth-order valence-electron chi connectivity index (χ4n) is 2.36. The number of nitrogens with one attached hydrogen (secondary N) is 1. The van der Waals surface area contributed by atoms with E-state index in [-0.39, 0.29) is 5.91 Å². The van der Waals surface area contributed by atoms with E-state index in [1.807, 2.05) is 5.38 Å². The van der Waals surface area contributed by atoms with Crippen molar-refractivity contribution in [3.63, 3.8) is 0 Å². The van der Waals surface area contributed by atoms with Gasteiger partial charge in [-0.1, -0.05) is 6.42 Å². The maximum atomic E-state index is 12.0. The molecule has 1 aromatic rings. The summed E-state index contributed by atoms with van der Waals surface area (Å²) in [6, 6.07) is 0.458. The molecule has 0 saturated carbocycles. The van der Waals surface area contributed by atoms with Gasteiger partial charge in [-0.25, -0.2) is 4.98 Å². The number of hydrogen-bond acceptors (Lipinski definition) is 5. The molecule has 0 bridgehead atoms. The molecule has 0 spiro atoms. The van der Waals surface area contributed by atoms with Crippen molar-refractivity contribution in [2.45, 2.75) is 31.7 Å². The molecule has 19 heavy (non-hydrogen) atoms. The lowest BCUT2D eigenvalue weighted by molar-refractivity contribution is 0.0924. The number of rotatable bonds is 5. The topological polar surface area (TPSA) is 71.2 Å². The molecular weight excluding hydrogens is 260 g/mol. The van der Waals surface area contributed by atoms with Crippen LogP contribution in [0.2, 0.25) is 0 Å². The molecule has 1 aliphatic rings. The zero-order valence-corrected chi connectivity index (χ0v) is 12.2. The molecule has 1 saturated heterocycles. The van der Waals surface area contributed by atoms with Crippen LogP contribution < -0.4 is 11.1 Å². The fraction of sp³-hybridized carbons (Fsp3) is 0.692. The third kappa shape index (κ3) is 3.99. The van der Waals surface area contributed by atoms with Crippen molar-refractivity contribution in [3.8, 4) is 0 Å². The van der Waals surface area contributed by atoms with E-state index in [0.29, 0.717) is 24.8 Å². The number of likely N-dealkylation sites (tertiary alicyclic amines) is 1. The van der Waals surface area contributed by atoms with E-state index in [0.717, 1.165) is 24.4 Å². The number of thiazole rings is 1. The quantitative estimate of drug-likeness (QED) is 0.840. The van der Waals surface area contributed by atoms with Gasteiger partial charge in [0.25, 0.3) is 5.91 Å². The zero-order valence-electron chi connectivity index (χ0n) is 11.4. The Hall–Kier alpha value is -0.980. The first kappa shape index (κ1) is 14.4. The molecular formula is C13H22N4OS. The highest BCUT2D eigenvalue weighted by molar-refractivity contribution is 7.09. The molecule has 1 aromatic heterocycles. The number of hydrogen-bond donors (Lipinski definition) is 2. The summed E-state index contributed by atoms with van der Waals surface area (Å²) in [7, 11) is 2.12. The van der Waals surface area contributed by atoms with Gasteiger partial charge >= 0.3 is 0 Å². The summed E-state index contributed by atoms with van der Waals surface area (Å²) >= 11 is 1.50. The van der Waals surface area contributed by atoms with E-state index in [2.05, 4.69) is 22.2 Å². The molecule has 0 radical (unpaired) electrons. The molecule has 1 unspecified atom stereocenters. The van der Waals surface area contributed by atoms with Crippen LogP contribution in [0.3, 0.4) is 0 Å². The second-order valence-corrected chi connectivity index (χ2v) is 5.95. The lowest BCUT2D eigenvalue weighted by Gasteiger charge is -2.32. The molecule has 3 N–H and O–H groups in total. The molecule has 1 fully saturated rings. The van der Waals surface area contributed by atoms with Crippen LogP contribution in [0, 0.1) is 0 Å². The number of likely N-dealkylation sites (N-methyl/N-ethyl adjacent to an activating group) is 1. The lowest BCUT2D eigenvalue weighted by Crippen LogP contribution is -2.44. The number of carbonyl (C=O) groups excluding carboxylic acids is 1. The third-order valence-corrected chi connectivity index (χ3v) is 4.47. The van der Waals surface area contributed by atoms with Gasteiger partial charge in [-0.15, -0.1) is 11.3 Å². The van der Waals surface area contributed by atoms with Gasteiger partial charge < -0.3 is 16.0 Å². The normalized spacial score (nSPS) is 20.4. The number of carbonyl (C=O) groups is 1. The number of piperidine rings is 1. The van der Waals surface area contributed by atoms with Crippen LogP contribution in [0.4, 0.5) is 0 Å². The van der Waals surface area contributed by atoms with E-state index in [1.165, 1.54) is 24.2 Å². The summed E-state index contributed by atoms with van der Waals surface area (Å²) in [5.74, 6) is -0.0708. The Balaban J connectivity index is 1.82. The molecule has 106 valence electrons. The molecule has 1 amide bonds. The Labute approximate surface area is 118 Å². The van der Waals surface area contributed by atoms with E-state index in [1.54, 1.807) is 0 Å². The average Bonchev–Trinajstić information content (AvgIpc) is 2.87. The molecule has 2 rings (SSSR count). The molecule has 2 heterocycles. The Morgan fingerprint density at radius 2 is 2.47 bits per heavy atom. The predicted molar refractivity (Wildman–Crippen MR) is 77.5 cm³/mol. The number of amides is 1. The monoisotopic (exact) mass is 282 g/mol. The van der Waals surface area contributed by atoms with Crippen molar-refractivity contribution in [2.24, 2.45) is 5.73 Å². The molecule has 1 aliphatic heterocycles. The van der Waals surface area contributed by atoms with Crippen molar-refractivity contribution < 1.29 is 4.79 Å². The van der Waals surface area contributed by atoms with Gasteiger partial charge in [0.15, 0.2) is 0 Å².